The summed E-state index contributed by atoms with van der Waals surface area (Å²) >= 11 is 0. The molecular formula is C12H12FN3O4. The van der Waals surface area contributed by atoms with Crippen LogP contribution in [0.3, 0.4) is 0 Å². The van der Waals surface area contributed by atoms with Crippen LogP contribution in [0, 0.1) is 15.9 Å². The normalized spacial score (nSPS) is 13.7. The Hall–Kier alpha value is -2.51. The van der Waals surface area contributed by atoms with Gasteiger partial charge in [-0.05, 0) is 18.9 Å². The number of nitro benzene ring substituents is 1. The van der Waals surface area contributed by atoms with Crippen molar-refractivity contribution in [2.24, 2.45) is 0 Å². The molecule has 1 fully saturated rings. The number of carbonyl (C=O) groups excluding carboxylic acids is 2. The van der Waals surface area contributed by atoms with Crippen LogP contribution < -0.4 is 10.6 Å². The van der Waals surface area contributed by atoms with Gasteiger partial charge in [-0.1, -0.05) is 0 Å². The van der Waals surface area contributed by atoms with E-state index in [1.165, 1.54) is 0 Å². The second-order valence-electron chi connectivity index (χ2n) is 4.45. The molecule has 20 heavy (non-hydrogen) atoms. The summed E-state index contributed by atoms with van der Waals surface area (Å²) in [6.07, 6.45) is 1.83. The van der Waals surface area contributed by atoms with Gasteiger partial charge in [0.2, 0.25) is 5.91 Å². The summed E-state index contributed by atoms with van der Waals surface area (Å²) in [5, 5.41) is 15.4. The molecule has 1 saturated carbocycles. The van der Waals surface area contributed by atoms with E-state index in [-0.39, 0.29) is 24.2 Å². The number of nitro groups is 1. The molecule has 0 spiro atoms. The number of carbonyl (C=O) groups is 2. The summed E-state index contributed by atoms with van der Waals surface area (Å²) in [6.45, 7) is -0.294. The molecule has 0 aliphatic heterocycles. The number of non-ortho nitro benzene ring substituents is 1. The molecule has 0 saturated heterocycles. The van der Waals surface area contributed by atoms with E-state index in [1.807, 2.05) is 0 Å². The van der Waals surface area contributed by atoms with Gasteiger partial charge in [0.15, 0.2) is 0 Å². The SMILES string of the molecule is O=C(CNC(=O)c1cc([N+](=O)[O-])ccc1F)NC1CC1. The molecule has 0 aromatic heterocycles. The van der Waals surface area contributed by atoms with Gasteiger partial charge >= 0.3 is 0 Å². The third-order valence-electron chi connectivity index (χ3n) is 2.76. The average Bonchev–Trinajstić information content (AvgIpc) is 3.20. The van der Waals surface area contributed by atoms with Crippen molar-refractivity contribution in [2.45, 2.75) is 18.9 Å². The Kier molecular flexibility index (Phi) is 3.92. The molecule has 0 unspecified atom stereocenters. The minimum absolute atomic E-state index is 0.161. The van der Waals surface area contributed by atoms with Crippen LogP contribution in [-0.4, -0.2) is 29.3 Å². The van der Waals surface area contributed by atoms with Crippen molar-refractivity contribution in [1.29, 1.82) is 0 Å². The molecular weight excluding hydrogens is 269 g/mol. The second kappa shape index (κ2) is 5.64. The van der Waals surface area contributed by atoms with Gasteiger partial charge in [-0.2, -0.15) is 0 Å². The minimum atomic E-state index is -0.879. The number of amides is 2. The van der Waals surface area contributed by atoms with Gasteiger partial charge in [0.25, 0.3) is 11.6 Å². The monoisotopic (exact) mass is 281 g/mol. The number of hydrogen-bond donors (Lipinski definition) is 2. The van der Waals surface area contributed by atoms with Gasteiger partial charge in [-0.3, -0.25) is 19.7 Å². The Morgan fingerprint density at radius 1 is 1.40 bits per heavy atom. The molecule has 106 valence electrons. The molecule has 1 aliphatic rings. The Morgan fingerprint density at radius 2 is 2.10 bits per heavy atom. The maximum Gasteiger partial charge on any atom is 0.270 e. The van der Waals surface area contributed by atoms with Gasteiger partial charge in [0.1, 0.15) is 5.82 Å². The van der Waals surface area contributed by atoms with Crippen molar-refractivity contribution in [1.82, 2.24) is 10.6 Å². The lowest BCUT2D eigenvalue weighted by Gasteiger charge is -2.06. The van der Waals surface area contributed by atoms with Crippen LogP contribution >= 0.6 is 0 Å². The van der Waals surface area contributed by atoms with Crippen molar-refractivity contribution in [3.05, 3.63) is 39.7 Å². The fraction of sp³-hybridized carbons (Fsp3) is 0.333. The van der Waals surface area contributed by atoms with Crippen LogP contribution in [0.2, 0.25) is 0 Å². The fourth-order valence-corrected chi connectivity index (χ4v) is 1.56. The van der Waals surface area contributed by atoms with Crippen molar-refractivity contribution in [2.75, 3.05) is 6.54 Å². The van der Waals surface area contributed by atoms with Crippen LogP contribution in [0.4, 0.5) is 10.1 Å². The highest BCUT2D eigenvalue weighted by Gasteiger charge is 2.23. The molecule has 8 heteroatoms. The minimum Gasteiger partial charge on any atom is -0.352 e. The molecule has 0 bridgehead atoms. The van der Waals surface area contributed by atoms with Crippen LogP contribution in [0.1, 0.15) is 23.2 Å². The quantitative estimate of drug-likeness (QED) is 0.614. The molecule has 2 amide bonds. The first kappa shape index (κ1) is 13.9. The van der Waals surface area contributed by atoms with E-state index in [0.717, 1.165) is 31.0 Å². The van der Waals surface area contributed by atoms with Gasteiger partial charge < -0.3 is 10.6 Å². The van der Waals surface area contributed by atoms with Crippen LogP contribution in [0.15, 0.2) is 18.2 Å². The van der Waals surface area contributed by atoms with E-state index in [4.69, 9.17) is 0 Å². The van der Waals surface area contributed by atoms with E-state index in [2.05, 4.69) is 10.6 Å². The molecule has 0 radical (unpaired) electrons. The highest BCUT2D eigenvalue weighted by molar-refractivity contribution is 5.97. The topological polar surface area (TPSA) is 101 Å². The lowest BCUT2D eigenvalue weighted by molar-refractivity contribution is -0.384. The van der Waals surface area contributed by atoms with E-state index >= 15 is 0 Å². The summed E-state index contributed by atoms with van der Waals surface area (Å²) in [5.74, 6) is -2.11. The smallest absolute Gasteiger partial charge is 0.270 e. The molecule has 2 rings (SSSR count). The van der Waals surface area contributed by atoms with Gasteiger partial charge in [-0.15, -0.1) is 0 Å². The summed E-state index contributed by atoms with van der Waals surface area (Å²) in [5.41, 5.74) is -0.850. The van der Waals surface area contributed by atoms with E-state index in [1.54, 1.807) is 0 Å². The van der Waals surface area contributed by atoms with Crippen molar-refractivity contribution in [3.63, 3.8) is 0 Å². The number of nitrogens with zero attached hydrogens (tertiary/aromatic N) is 1. The number of halogens is 1. The van der Waals surface area contributed by atoms with Gasteiger partial charge in [0, 0.05) is 18.2 Å². The third-order valence-corrected chi connectivity index (χ3v) is 2.76. The third kappa shape index (κ3) is 3.50. The van der Waals surface area contributed by atoms with Crippen LogP contribution in [0.25, 0.3) is 0 Å². The van der Waals surface area contributed by atoms with E-state index in [0.29, 0.717) is 0 Å². The lowest BCUT2D eigenvalue weighted by atomic mass is 10.1. The first-order valence-electron chi connectivity index (χ1n) is 5.99. The summed E-state index contributed by atoms with van der Waals surface area (Å²) in [4.78, 5) is 32.9. The summed E-state index contributed by atoms with van der Waals surface area (Å²) in [6, 6.07) is 2.81. The van der Waals surface area contributed by atoms with E-state index in [9.17, 15) is 24.1 Å². The van der Waals surface area contributed by atoms with Gasteiger partial charge in [-0.25, -0.2) is 4.39 Å². The zero-order chi connectivity index (χ0) is 14.7. The number of rotatable bonds is 5. The maximum atomic E-state index is 13.4. The summed E-state index contributed by atoms with van der Waals surface area (Å²) < 4.78 is 13.4. The van der Waals surface area contributed by atoms with Crippen LogP contribution in [-0.2, 0) is 4.79 Å². The predicted molar refractivity (Wildman–Crippen MR) is 66.6 cm³/mol. The number of hydrogen-bond acceptors (Lipinski definition) is 4. The Labute approximate surface area is 113 Å². The Morgan fingerprint density at radius 3 is 2.70 bits per heavy atom. The maximum absolute atomic E-state index is 13.4. The zero-order valence-corrected chi connectivity index (χ0v) is 10.4. The van der Waals surface area contributed by atoms with Crippen LogP contribution in [0.5, 0.6) is 0 Å². The molecule has 1 aromatic rings. The first-order valence-corrected chi connectivity index (χ1v) is 5.99. The highest BCUT2D eigenvalue weighted by Crippen LogP contribution is 2.18. The second-order valence-corrected chi connectivity index (χ2v) is 4.45. The van der Waals surface area contributed by atoms with Gasteiger partial charge in [0.05, 0.1) is 17.0 Å². The fourth-order valence-electron chi connectivity index (χ4n) is 1.56. The zero-order valence-electron chi connectivity index (χ0n) is 10.4. The largest absolute Gasteiger partial charge is 0.352 e. The number of nitrogens with one attached hydrogen (secondary N) is 2. The van der Waals surface area contributed by atoms with E-state index < -0.39 is 22.2 Å². The predicted octanol–water partition coefficient (Wildman–Crippen LogP) is 0.742. The Bertz CT molecular complexity index is 572. The van der Waals surface area contributed by atoms with Crippen molar-refractivity contribution in [3.8, 4) is 0 Å². The molecule has 0 heterocycles. The van der Waals surface area contributed by atoms with Crippen molar-refractivity contribution < 1.29 is 18.9 Å². The molecule has 2 N–H and O–H groups in total. The molecule has 1 aliphatic carbocycles. The lowest BCUT2D eigenvalue weighted by Crippen LogP contribution is -2.38. The number of benzene rings is 1. The first-order chi connectivity index (χ1) is 9.47. The molecule has 1 aromatic carbocycles. The standard InChI is InChI=1S/C12H12FN3O4/c13-10-4-3-8(16(19)20)5-9(10)12(18)14-6-11(17)15-7-1-2-7/h3-5,7H,1-2,6H2,(H,14,18)(H,15,17). The average molecular weight is 281 g/mol. The molecule has 7 nitrogen and oxygen atoms in total. The van der Waals surface area contributed by atoms with Crippen molar-refractivity contribution >= 4 is 17.5 Å². The molecule has 0 atom stereocenters. The highest BCUT2D eigenvalue weighted by atomic mass is 19.1. The Balaban J connectivity index is 1.98. The summed E-state index contributed by atoms with van der Waals surface area (Å²) in [7, 11) is 0.